The lowest BCUT2D eigenvalue weighted by Gasteiger charge is -2.14. The summed E-state index contributed by atoms with van der Waals surface area (Å²) in [7, 11) is 0. The minimum atomic E-state index is -0.149. The maximum atomic E-state index is 12.0. The normalized spacial score (nSPS) is 11.6. The molecule has 0 bridgehead atoms. The summed E-state index contributed by atoms with van der Waals surface area (Å²) in [5.74, 6) is -0.149. The van der Waals surface area contributed by atoms with Crippen LogP contribution in [0.4, 0.5) is 0 Å². The number of benzene rings is 1. The van der Waals surface area contributed by atoms with Gasteiger partial charge in [0.1, 0.15) is 0 Å². The molecule has 1 aromatic heterocycles. The lowest BCUT2D eigenvalue weighted by atomic mass is 10.1. The zero-order valence-electron chi connectivity index (χ0n) is 10.6. The Kier molecular flexibility index (Phi) is 3.94. The van der Waals surface area contributed by atoms with Crippen molar-refractivity contribution in [1.82, 2.24) is 15.1 Å². The van der Waals surface area contributed by atoms with Crippen molar-refractivity contribution in [3.05, 3.63) is 53.9 Å². The molecule has 0 aliphatic rings. The summed E-state index contributed by atoms with van der Waals surface area (Å²) in [5, 5.41) is 15.7. The van der Waals surface area contributed by atoms with Gasteiger partial charge < -0.3 is 5.32 Å². The highest BCUT2D eigenvalue weighted by Crippen LogP contribution is 2.04. The molecule has 0 spiro atoms. The van der Waals surface area contributed by atoms with Crippen LogP contribution in [-0.4, -0.2) is 21.7 Å². The SMILES string of the molecule is CC(Cn1cccn1)NC(=O)c1ccc(C#N)cc1. The molecule has 1 heterocycles. The number of nitrogens with zero attached hydrogens (tertiary/aromatic N) is 3. The number of carbonyl (C=O) groups is 1. The van der Waals surface area contributed by atoms with Crippen LogP contribution in [0.25, 0.3) is 0 Å². The molecular weight excluding hydrogens is 240 g/mol. The molecule has 1 amide bonds. The van der Waals surface area contributed by atoms with E-state index in [1.54, 1.807) is 35.1 Å². The van der Waals surface area contributed by atoms with E-state index in [2.05, 4.69) is 10.4 Å². The third-order valence-electron chi connectivity index (χ3n) is 2.67. The van der Waals surface area contributed by atoms with Crippen LogP contribution in [0.15, 0.2) is 42.7 Å². The molecule has 0 fully saturated rings. The van der Waals surface area contributed by atoms with Gasteiger partial charge in [-0.2, -0.15) is 10.4 Å². The van der Waals surface area contributed by atoms with Gasteiger partial charge in [-0.05, 0) is 37.3 Å². The van der Waals surface area contributed by atoms with Crippen LogP contribution in [0.5, 0.6) is 0 Å². The first-order chi connectivity index (χ1) is 9.19. The van der Waals surface area contributed by atoms with Gasteiger partial charge in [0.25, 0.3) is 5.91 Å². The van der Waals surface area contributed by atoms with Gasteiger partial charge in [-0.1, -0.05) is 0 Å². The van der Waals surface area contributed by atoms with Gasteiger partial charge >= 0.3 is 0 Å². The highest BCUT2D eigenvalue weighted by Gasteiger charge is 2.10. The van der Waals surface area contributed by atoms with Crippen LogP contribution in [-0.2, 0) is 6.54 Å². The molecule has 0 aliphatic heterocycles. The number of hydrogen-bond donors (Lipinski definition) is 1. The third-order valence-corrected chi connectivity index (χ3v) is 2.67. The van der Waals surface area contributed by atoms with Crippen LogP contribution in [0, 0.1) is 11.3 Å². The predicted molar refractivity (Wildman–Crippen MR) is 70.3 cm³/mol. The summed E-state index contributed by atoms with van der Waals surface area (Å²) in [6.07, 6.45) is 3.56. The third kappa shape index (κ3) is 3.42. The second-order valence-corrected chi connectivity index (χ2v) is 4.29. The molecule has 1 N–H and O–H groups in total. The molecule has 2 aromatic rings. The quantitative estimate of drug-likeness (QED) is 0.900. The van der Waals surface area contributed by atoms with Gasteiger partial charge in [0, 0.05) is 24.0 Å². The number of hydrogen-bond acceptors (Lipinski definition) is 3. The van der Waals surface area contributed by atoms with Gasteiger partial charge in [0.05, 0.1) is 18.2 Å². The summed E-state index contributed by atoms with van der Waals surface area (Å²) in [4.78, 5) is 12.0. The van der Waals surface area contributed by atoms with E-state index in [9.17, 15) is 4.79 Å². The Hall–Kier alpha value is -2.61. The minimum absolute atomic E-state index is 0.0250. The lowest BCUT2D eigenvalue weighted by Crippen LogP contribution is -2.35. The molecule has 0 radical (unpaired) electrons. The van der Waals surface area contributed by atoms with E-state index in [0.29, 0.717) is 17.7 Å². The van der Waals surface area contributed by atoms with E-state index >= 15 is 0 Å². The maximum absolute atomic E-state index is 12.0. The summed E-state index contributed by atoms with van der Waals surface area (Å²) in [6, 6.07) is 10.4. The van der Waals surface area contributed by atoms with Crippen molar-refractivity contribution >= 4 is 5.91 Å². The van der Waals surface area contributed by atoms with Gasteiger partial charge in [-0.25, -0.2) is 0 Å². The smallest absolute Gasteiger partial charge is 0.251 e. The monoisotopic (exact) mass is 254 g/mol. The minimum Gasteiger partial charge on any atom is -0.348 e. The summed E-state index contributed by atoms with van der Waals surface area (Å²) >= 11 is 0. The molecule has 5 heteroatoms. The molecule has 19 heavy (non-hydrogen) atoms. The molecule has 1 atom stereocenters. The number of carbonyl (C=O) groups excluding carboxylic acids is 1. The average Bonchev–Trinajstić information content (AvgIpc) is 2.91. The number of rotatable bonds is 4. The van der Waals surface area contributed by atoms with Crippen molar-refractivity contribution in [2.45, 2.75) is 19.5 Å². The van der Waals surface area contributed by atoms with Gasteiger partial charge in [-0.3, -0.25) is 9.48 Å². The zero-order valence-corrected chi connectivity index (χ0v) is 10.6. The molecule has 1 aromatic carbocycles. The van der Waals surface area contributed by atoms with Crippen molar-refractivity contribution < 1.29 is 4.79 Å². The van der Waals surface area contributed by atoms with E-state index in [1.165, 1.54) is 0 Å². The highest BCUT2D eigenvalue weighted by atomic mass is 16.1. The van der Waals surface area contributed by atoms with E-state index in [1.807, 2.05) is 25.3 Å². The molecule has 0 saturated heterocycles. The number of nitriles is 1. The first-order valence-electron chi connectivity index (χ1n) is 5.97. The topological polar surface area (TPSA) is 70.7 Å². The van der Waals surface area contributed by atoms with Crippen molar-refractivity contribution in [3.8, 4) is 6.07 Å². The van der Waals surface area contributed by atoms with E-state index < -0.39 is 0 Å². The van der Waals surface area contributed by atoms with Crippen LogP contribution >= 0.6 is 0 Å². The molecule has 0 aliphatic carbocycles. The molecular formula is C14H14N4O. The largest absolute Gasteiger partial charge is 0.348 e. The molecule has 96 valence electrons. The van der Waals surface area contributed by atoms with E-state index in [4.69, 9.17) is 5.26 Å². The van der Waals surface area contributed by atoms with Gasteiger partial charge in [0.2, 0.25) is 0 Å². The van der Waals surface area contributed by atoms with Crippen molar-refractivity contribution in [1.29, 1.82) is 5.26 Å². The van der Waals surface area contributed by atoms with Crippen molar-refractivity contribution in [2.24, 2.45) is 0 Å². The Morgan fingerprint density at radius 1 is 1.47 bits per heavy atom. The second kappa shape index (κ2) is 5.83. The summed E-state index contributed by atoms with van der Waals surface area (Å²) in [5.41, 5.74) is 1.09. The Morgan fingerprint density at radius 3 is 2.79 bits per heavy atom. The first-order valence-corrected chi connectivity index (χ1v) is 5.97. The van der Waals surface area contributed by atoms with Gasteiger partial charge in [-0.15, -0.1) is 0 Å². The van der Waals surface area contributed by atoms with Crippen LogP contribution in [0.1, 0.15) is 22.8 Å². The second-order valence-electron chi connectivity index (χ2n) is 4.29. The Morgan fingerprint density at radius 2 is 2.21 bits per heavy atom. The Balaban J connectivity index is 1.94. The summed E-state index contributed by atoms with van der Waals surface area (Å²) < 4.78 is 1.77. The van der Waals surface area contributed by atoms with Crippen LogP contribution in [0.3, 0.4) is 0 Å². The van der Waals surface area contributed by atoms with Gasteiger partial charge in [0.15, 0.2) is 0 Å². The molecule has 5 nitrogen and oxygen atoms in total. The fraction of sp³-hybridized carbons (Fsp3) is 0.214. The number of aromatic nitrogens is 2. The van der Waals surface area contributed by atoms with Crippen molar-refractivity contribution in [3.63, 3.8) is 0 Å². The number of nitrogens with one attached hydrogen (secondary N) is 1. The molecule has 1 unspecified atom stereocenters. The molecule has 2 rings (SSSR count). The zero-order chi connectivity index (χ0) is 13.7. The van der Waals surface area contributed by atoms with E-state index in [0.717, 1.165) is 0 Å². The van der Waals surface area contributed by atoms with Crippen LogP contribution in [0.2, 0.25) is 0 Å². The van der Waals surface area contributed by atoms with Crippen LogP contribution < -0.4 is 5.32 Å². The van der Waals surface area contributed by atoms with Crippen molar-refractivity contribution in [2.75, 3.05) is 0 Å². The lowest BCUT2D eigenvalue weighted by molar-refractivity contribution is 0.0936. The summed E-state index contributed by atoms with van der Waals surface area (Å²) in [6.45, 7) is 2.54. The first kappa shape index (κ1) is 12.8. The number of amides is 1. The maximum Gasteiger partial charge on any atom is 0.251 e. The fourth-order valence-electron chi connectivity index (χ4n) is 1.74. The molecule has 0 saturated carbocycles. The fourth-order valence-corrected chi connectivity index (χ4v) is 1.74. The average molecular weight is 254 g/mol. The Labute approximate surface area is 111 Å². The standard InChI is InChI=1S/C14H14N4O/c1-11(10-18-8-2-7-16-18)17-14(19)13-5-3-12(9-15)4-6-13/h2-8,11H,10H2,1H3,(H,17,19). The van der Waals surface area contributed by atoms with E-state index in [-0.39, 0.29) is 11.9 Å². The predicted octanol–water partition coefficient (Wildman–Crippen LogP) is 1.57. The highest BCUT2D eigenvalue weighted by molar-refractivity contribution is 5.94. The Bertz CT molecular complexity index is 581.